The number of carbonyl (C=O) groups is 2. The molecule has 0 saturated carbocycles. The van der Waals surface area contributed by atoms with Gasteiger partial charge in [0.1, 0.15) is 5.82 Å². The van der Waals surface area contributed by atoms with Crippen LogP contribution in [0.5, 0.6) is 0 Å². The van der Waals surface area contributed by atoms with E-state index in [1.54, 1.807) is 24.0 Å². The minimum atomic E-state index is -0.491. The first-order chi connectivity index (χ1) is 10.5. The molecule has 1 aliphatic rings. The first-order valence-corrected chi connectivity index (χ1v) is 7.88. The molecule has 3 rings (SSSR count). The van der Waals surface area contributed by atoms with Gasteiger partial charge in [0.05, 0.1) is 21.0 Å². The van der Waals surface area contributed by atoms with Gasteiger partial charge in [-0.25, -0.2) is 4.98 Å². The zero-order valence-corrected chi connectivity index (χ0v) is 13.3. The molecule has 9 heteroatoms. The first kappa shape index (κ1) is 15.0. The molecule has 2 aromatic rings. The highest BCUT2D eigenvalue weighted by Crippen LogP contribution is 2.33. The lowest BCUT2D eigenvalue weighted by Crippen LogP contribution is -2.31. The van der Waals surface area contributed by atoms with Crippen molar-refractivity contribution in [3.8, 4) is 0 Å². The van der Waals surface area contributed by atoms with Crippen LogP contribution >= 0.6 is 22.9 Å². The molecular formula is C13H14ClN5O2S. The van der Waals surface area contributed by atoms with Gasteiger partial charge in [-0.05, 0) is 19.1 Å². The number of amides is 2. The number of nitrogens with two attached hydrogens (primary N) is 1. The molecule has 3 N–H and O–H groups in total. The maximum atomic E-state index is 12.5. The van der Waals surface area contributed by atoms with E-state index < -0.39 is 11.8 Å². The van der Waals surface area contributed by atoms with Crippen LogP contribution in [0.3, 0.4) is 0 Å². The van der Waals surface area contributed by atoms with E-state index in [0.717, 1.165) is 0 Å². The number of aromatic amines is 1. The number of rotatable bonds is 3. The second kappa shape index (κ2) is 5.69. The Kier molecular flexibility index (Phi) is 3.88. The summed E-state index contributed by atoms with van der Waals surface area (Å²) in [5, 5.41) is 6.85. The van der Waals surface area contributed by atoms with Gasteiger partial charge in [-0.15, -0.1) is 11.3 Å². The lowest BCUT2D eigenvalue weighted by Gasteiger charge is -2.14. The van der Waals surface area contributed by atoms with Gasteiger partial charge in [-0.3, -0.25) is 14.7 Å². The summed E-state index contributed by atoms with van der Waals surface area (Å²) in [6, 6.07) is 3.36. The molecule has 1 aliphatic heterocycles. The summed E-state index contributed by atoms with van der Waals surface area (Å²) in [4.78, 5) is 30.6. The van der Waals surface area contributed by atoms with Crippen LogP contribution in [-0.2, 0) is 4.79 Å². The predicted octanol–water partition coefficient (Wildman–Crippen LogP) is 1.17. The Labute approximate surface area is 135 Å². The van der Waals surface area contributed by atoms with Gasteiger partial charge in [-0.1, -0.05) is 11.6 Å². The van der Waals surface area contributed by atoms with Crippen molar-refractivity contribution in [3.63, 3.8) is 0 Å². The molecule has 116 valence electrons. The molecule has 0 bridgehead atoms. The van der Waals surface area contributed by atoms with E-state index in [1.165, 1.54) is 11.3 Å². The molecule has 2 amide bonds. The number of aryl methyl sites for hydroxylation is 1. The lowest BCUT2D eigenvalue weighted by molar-refractivity contribution is -0.121. The van der Waals surface area contributed by atoms with Crippen molar-refractivity contribution in [3.05, 3.63) is 33.0 Å². The first-order valence-electron chi connectivity index (χ1n) is 6.68. The maximum absolute atomic E-state index is 12.5. The summed E-state index contributed by atoms with van der Waals surface area (Å²) in [5.41, 5.74) is 5.48. The summed E-state index contributed by atoms with van der Waals surface area (Å²) >= 11 is 7.08. The second-order valence-electron chi connectivity index (χ2n) is 5.21. The second-order valence-corrected chi connectivity index (χ2v) is 6.92. The molecule has 0 radical (unpaired) electrons. The normalized spacial score (nSPS) is 21.3. The smallest absolute Gasteiger partial charge is 0.264 e. The molecule has 7 nitrogen and oxygen atoms in total. The maximum Gasteiger partial charge on any atom is 0.264 e. The van der Waals surface area contributed by atoms with Gasteiger partial charge < -0.3 is 10.6 Å². The van der Waals surface area contributed by atoms with Crippen LogP contribution in [0.15, 0.2) is 12.1 Å². The van der Waals surface area contributed by atoms with Gasteiger partial charge in [0.2, 0.25) is 5.91 Å². The minimum Gasteiger partial charge on any atom is -0.369 e. The SMILES string of the molecule is Cc1nc([C@@H]2CN(C(=O)c3ccc(Cl)s3)C[C@H]2C(N)=O)n[nH]1. The van der Waals surface area contributed by atoms with E-state index >= 15 is 0 Å². The number of H-pyrrole nitrogens is 1. The molecule has 22 heavy (non-hydrogen) atoms. The molecule has 0 aliphatic carbocycles. The summed E-state index contributed by atoms with van der Waals surface area (Å²) < 4.78 is 0.551. The Hall–Kier alpha value is -1.93. The predicted molar refractivity (Wildman–Crippen MR) is 81.8 cm³/mol. The number of hydrogen-bond donors (Lipinski definition) is 2. The van der Waals surface area contributed by atoms with E-state index in [4.69, 9.17) is 17.3 Å². The van der Waals surface area contributed by atoms with Crippen LogP contribution in [0.4, 0.5) is 0 Å². The third kappa shape index (κ3) is 2.71. The highest BCUT2D eigenvalue weighted by Gasteiger charge is 2.41. The molecule has 2 aromatic heterocycles. The van der Waals surface area contributed by atoms with Crippen molar-refractivity contribution in [2.45, 2.75) is 12.8 Å². The fourth-order valence-electron chi connectivity index (χ4n) is 2.63. The number of likely N-dealkylation sites (tertiary alicyclic amines) is 1. The van der Waals surface area contributed by atoms with Gasteiger partial charge in [0.25, 0.3) is 5.91 Å². The number of aromatic nitrogens is 3. The Morgan fingerprint density at radius 3 is 2.77 bits per heavy atom. The van der Waals surface area contributed by atoms with Crippen molar-refractivity contribution in [1.82, 2.24) is 20.1 Å². The van der Waals surface area contributed by atoms with Crippen LogP contribution < -0.4 is 5.73 Å². The average molecular weight is 340 g/mol. The molecule has 1 fully saturated rings. The largest absolute Gasteiger partial charge is 0.369 e. The van der Waals surface area contributed by atoms with Crippen molar-refractivity contribution < 1.29 is 9.59 Å². The number of primary amides is 1. The van der Waals surface area contributed by atoms with Crippen molar-refractivity contribution in [2.24, 2.45) is 11.7 Å². The number of nitrogens with zero attached hydrogens (tertiary/aromatic N) is 3. The Morgan fingerprint density at radius 2 is 2.23 bits per heavy atom. The van der Waals surface area contributed by atoms with Crippen LogP contribution in [0.2, 0.25) is 4.34 Å². The Balaban J connectivity index is 1.84. The third-order valence-electron chi connectivity index (χ3n) is 3.70. The summed E-state index contributed by atoms with van der Waals surface area (Å²) in [5.74, 6) is -0.213. The van der Waals surface area contributed by atoms with Crippen LogP contribution in [-0.4, -0.2) is 45.0 Å². The zero-order chi connectivity index (χ0) is 15.9. The Bertz CT molecular complexity index is 728. The van der Waals surface area contributed by atoms with Gasteiger partial charge in [0.15, 0.2) is 5.82 Å². The number of carbonyl (C=O) groups excluding carboxylic acids is 2. The van der Waals surface area contributed by atoms with E-state index in [0.29, 0.717) is 27.4 Å². The topological polar surface area (TPSA) is 105 Å². The van der Waals surface area contributed by atoms with Crippen LogP contribution in [0.25, 0.3) is 0 Å². The molecule has 1 saturated heterocycles. The quantitative estimate of drug-likeness (QED) is 0.875. The highest BCUT2D eigenvalue weighted by atomic mass is 35.5. The monoisotopic (exact) mass is 339 g/mol. The van der Waals surface area contributed by atoms with Gasteiger partial charge in [-0.2, -0.15) is 5.10 Å². The fraction of sp³-hybridized carbons (Fsp3) is 0.385. The summed E-state index contributed by atoms with van der Waals surface area (Å²) in [7, 11) is 0. The molecular weight excluding hydrogens is 326 g/mol. The molecule has 3 heterocycles. The number of thiophene rings is 1. The van der Waals surface area contributed by atoms with E-state index in [2.05, 4.69) is 15.2 Å². The number of hydrogen-bond acceptors (Lipinski definition) is 5. The fourth-order valence-corrected chi connectivity index (χ4v) is 3.64. The number of nitrogens with one attached hydrogen (secondary N) is 1. The highest BCUT2D eigenvalue weighted by molar-refractivity contribution is 7.17. The van der Waals surface area contributed by atoms with Crippen LogP contribution in [0.1, 0.15) is 27.2 Å². The van der Waals surface area contributed by atoms with Crippen molar-refractivity contribution in [1.29, 1.82) is 0 Å². The molecule has 0 unspecified atom stereocenters. The molecule has 0 spiro atoms. The standard InChI is InChI=1S/C13H14ClN5O2S/c1-6-16-12(18-17-6)8-5-19(4-7(8)11(15)20)13(21)9-2-3-10(14)22-9/h2-3,7-8H,4-5H2,1H3,(H2,15,20)(H,16,17,18)/t7-,8-/m1/s1. The van der Waals surface area contributed by atoms with Crippen molar-refractivity contribution in [2.75, 3.05) is 13.1 Å². The van der Waals surface area contributed by atoms with Crippen molar-refractivity contribution >= 4 is 34.8 Å². The van der Waals surface area contributed by atoms with E-state index in [-0.39, 0.29) is 18.4 Å². The van der Waals surface area contributed by atoms with Crippen LogP contribution in [0, 0.1) is 12.8 Å². The van der Waals surface area contributed by atoms with E-state index in [1.807, 2.05) is 0 Å². The third-order valence-corrected chi connectivity index (χ3v) is 4.92. The van der Waals surface area contributed by atoms with Gasteiger partial charge in [0, 0.05) is 13.1 Å². The lowest BCUT2D eigenvalue weighted by atomic mass is 9.95. The molecule has 0 aromatic carbocycles. The Morgan fingerprint density at radius 1 is 1.45 bits per heavy atom. The number of halogens is 1. The average Bonchev–Trinajstić information content (AvgIpc) is 3.16. The molecule has 2 atom stereocenters. The van der Waals surface area contributed by atoms with E-state index in [9.17, 15) is 9.59 Å². The summed E-state index contributed by atoms with van der Waals surface area (Å²) in [6.07, 6.45) is 0. The van der Waals surface area contributed by atoms with Gasteiger partial charge >= 0.3 is 0 Å². The summed E-state index contributed by atoms with van der Waals surface area (Å²) in [6.45, 7) is 2.41. The zero-order valence-electron chi connectivity index (χ0n) is 11.7. The minimum absolute atomic E-state index is 0.155.